The van der Waals surface area contributed by atoms with Gasteiger partial charge in [-0.25, -0.2) is 9.97 Å². The molecule has 0 amide bonds. The summed E-state index contributed by atoms with van der Waals surface area (Å²) in [5.74, 6) is 0. The second kappa shape index (κ2) is 12.1. The maximum Gasteiger partial charge on any atom is 0.116 e. The van der Waals surface area contributed by atoms with Crippen LogP contribution in [0.1, 0.15) is 18.4 Å². The number of fused-ring (bicyclic) bond motifs is 5. The number of rotatable bonds is 5. The highest BCUT2D eigenvalue weighted by atomic mass is 15.0. The number of hydrogen-bond donors (Lipinski definition) is 0. The Balaban J connectivity index is 1.02. The van der Waals surface area contributed by atoms with Crippen LogP contribution in [0, 0.1) is 0 Å². The van der Waals surface area contributed by atoms with E-state index < -0.39 is 0 Å². The molecule has 0 unspecified atom stereocenters. The van der Waals surface area contributed by atoms with Crippen molar-refractivity contribution in [1.29, 1.82) is 0 Å². The lowest BCUT2D eigenvalue weighted by atomic mass is 9.90. The van der Waals surface area contributed by atoms with Gasteiger partial charge in [0.05, 0.1) is 22.2 Å². The first-order valence-corrected chi connectivity index (χ1v) is 17.6. The summed E-state index contributed by atoms with van der Waals surface area (Å²) < 4.78 is 2.37. The molecule has 2 heterocycles. The van der Waals surface area contributed by atoms with Crippen molar-refractivity contribution in [2.45, 2.75) is 12.8 Å². The molecular weight excluding hydrogens is 619 g/mol. The van der Waals surface area contributed by atoms with E-state index in [2.05, 4.69) is 173 Å². The molecule has 0 radical (unpaired) electrons. The van der Waals surface area contributed by atoms with Crippen LogP contribution in [0.3, 0.4) is 0 Å². The predicted octanol–water partition coefficient (Wildman–Crippen LogP) is 12.6. The van der Waals surface area contributed by atoms with Crippen molar-refractivity contribution in [3.8, 4) is 39.2 Å². The fraction of sp³-hybridized carbons (Fsp3) is 0.0417. The van der Waals surface area contributed by atoms with Gasteiger partial charge in [0, 0.05) is 27.4 Å². The third-order valence-corrected chi connectivity index (χ3v) is 10.3. The summed E-state index contributed by atoms with van der Waals surface area (Å²) in [7, 11) is 0. The highest BCUT2D eigenvalue weighted by Gasteiger charge is 2.14. The van der Waals surface area contributed by atoms with Crippen molar-refractivity contribution < 1.29 is 0 Å². The molecule has 0 saturated carbocycles. The number of aromatic nitrogens is 3. The van der Waals surface area contributed by atoms with E-state index in [1.807, 2.05) is 6.07 Å². The molecule has 51 heavy (non-hydrogen) atoms. The highest BCUT2D eigenvalue weighted by molar-refractivity contribution is 6.09. The molecular formula is C48H33N3. The summed E-state index contributed by atoms with van der Waals surface area (Å²) in [6.45, 7) is 0. The molecule has 0 fully saturated rings. The van der Waals surface area contributed by atoms with E-state index in [4.69, 9.17) is 4.98 Å². The van der Waals surface area contributed by atoms with E-state index in [9.17, 15) is 0 Å². The van der Waals surface area contributed by atoms with Gasteiger partial charge in [-0.3, -0.25) is 0 Å². The van der Waals surface area contributed by atoms with Gasteiger partial charge in [-0.1, -0.05) is 109 Å². The van der Waals surface area contributed by atoms with Crippen molar-refractivity contribution in [3.63, 3.8) is 0 Å². The van der Waals surface area contributed by atoms with Crippen molar-refractivity contribution >= 4 is 49.1 Å². The zero-order chi connectivity index (χ0) is 33.7. The summed E-state index contributed by atoms with van der Waals surface area (Å²) in [5.41, 5.74) is 14.0. The third kappa shape index (κ3) is 5.14. The van der Waals surface area contributed by atoms with Crippen molar-refractivity contribution in [2.75, 3.05) is 0 Å². The summed E-state index contributed by atoms with van der Waals surface area (Å²) >= 11 is 0. The van der Waals surface area contributed by atoms with Gasteiger partial charge in [-0.05, 0) is 118 Å². The van der Waals surface area contributed by atoms with E-state index in [1.54, 1.807) is 6.33 Å². The monoisotopic (exact) mass is 651 g/mol. The Labute approximate surface area is 296 Å². The zero-order valence-corrected chi connectivity index (χ0v) is 28.0. The van der Waals surface area contributed by atoms with Gasteiger partial charge in [0.2, 0.25) is 0 Å². The number of nitrogens with zero attached hydrogens (tertiary/aromatic N) is 3. The molecule has 9 aromatic rings. The van der Waals surface area contributed by atoms with Crippen LogP contribution in [0.2, 0.25) is 0 Å². The average Bonchev–Trinajstić information content (AvgIpc) is 3.55. The van der Waals surface area contributed by atoms with Crippen molar-refractivity contribution in [2.24, 2.45) is 0 Å². The van der Waals surface area contributed by atoms with Gasteiger partial charge in [0.15, 0.2) is 0 Å². The molecule has 0 spiro atoms. The molecule has 7 aromatic carbocycles. The Hall–Kier alpha value is -6.58. The van der Waals surface area contributed by atoms with E-state index >= 15 is 0 Å². The lowest BCUT2D eigenvalue weighted by Gasteiger charge is -2.15. The van der Waals surface area contributed by atoms with Crippen LogP contribution in [0.4, 0.5) is 0 Å². The second-order valence-electron chi connectivity index (χ2n) is 13.4. The molecule has 0 aliphatic heterocycles. The molecule has 3 nitrogen and oxygen atoms in total. The van der Waals surface area contributed by atoms with Crippen molar-refractivity contribution in [1.82, 2.24) is 14.5 Å². The summed E-state index contributed by atoms with van der Waals surface area (Å²) in [6, 6.07) is 55.1. The average molecular weight is 652 g/mol. The molecule has 10 rings (SSSR count). The summed E-state index contributed by atoms with van der Waals surface area (Å²) in [5, 5.41) is 6.06. The van der Waals surface area contributed by atoms with Gasteiger partial charge >= 0.3 is 0 Å². The number of para-hydroxylation sites is 3. The van der Waals surface area contributed by atoms with Gasteiger partial charge in [0.1, 0.15) is 6.33 Å². The molecule has 1 aliphatic carbocycles. The van der Waals surface area contributed by atoms with Crippen LogP contribution in [-0.2, 0) is 0 Å². The second-order valence-corrected chi connectivity index (χ2v) is 13.4. The maximum absolute atomic E-state index is 4.79. The SMILES string of the molecule is C1=CCCC(c2cc(-c3ccc4cc(-c5ccc(-n6c7ccccc7c7ccccc76)cc5)ccc4c3)cc(-c3ncnc4ccccc34)c2)=C1. The Kier molecular flexibility index (Phi) is 6.95. The first kappa shape index (κ1) is 29.3. The first-order chi connectivity index (χ1) is 25.3. The molecule has 240 valence electrons. The molecule has 1 aliphatic rings. The summed E-state index contributed by atoms with van der Waals surface area (Å²) in [6.07, 6.45) is 10.4. The van der Waals surface area contributed by atoms with Gasteiger partial charge in [-0.15, -0.1) is 0 Å². The molecule has 0 atom stereocenters. The lowest BCUT2D eigenvalue weighted by molar-refractivity contribution is 1.05. The number of hydrogen-bond acceptors (Lipinski definition) is 2. The zero-order valence-electron chi connectivity index (χ0n) is 28.0. The Morgan fingerprint density at radius 2 is 1.08 bits per heavy atom. The van der Waals surface area contributed by atoms with E-state index in [1.165, 1.54) is 66.0 Å². The summed E-state index contributed by atoms with van der Waals surface area (Å²) in [4.78, 5) is 9.32. The Bertz CT molecular complexity index is 2790. The van der Waals surface area contributed by atoms with Crippen LogP contribution >= 0.6 is 0 Å². The standard InChI is InChI=1S/C48H33N3/c1-2-10-32(11-3-1)38-28-39(30-40(29-38)48-44-14-4-7-15-45(44)49-31-50-48)37-21-20-35-26-34(18-19-36(35)27-37)33-22-24-41(25-23-33)51-46-16-8-5-12-42(46)43-13-6-9-17-47(43)51/h1-2,4-10,12-31H,3,11H2. The molecule has 0 saturated heterocycles. The first-order valence-electron chi connectivity index (χ1n) is 17.6. The fourth-order valence-corrected chi connectivity index (χ4v) is 7.80. The maximum atomic E-state index is 4.79. The fourth-order valence-electron chi connectivity index (χ4n) is 7.80. The smallest absolute Gasteiger partial charge is 0.116 e. The molecule has 0 N–H and O–H groups in total. The van der Waals surface area contributed by atoms with E-state index in [-0.39, 0.29) is 0 Å². The van der Waals surface area contributed by atoms with E-state index in [0.29, 0.717) is 0 Å². The van der Waals surface area contributed by atoms with Gasteiger partial charge in [0.25, 0.3) is 0 Å². The van der Waals surface area contributed by atoms with Crippen molar-refractivity contribution in [3.05, 3.63) is 182 Å². The largest absolute Gasteiger partial charge is 0.309 e. The van der Waals surface area contributed by atoms with Crippen LogP contribution in [0.5, 0.6) is 0 Å². The Morgan fingerprint density at radius 3 is 1.78 bits per heavy atom. The van der Waals surface area contributed by atoms with E-state index in [0.717, 1.165) is 40.7 Å². The van der Waals surface area contributed by atoms with Gasteiger partial charge in [-0.2, -0.15) is 0 Å². The quantitative estimate of drug-likeness (QED) is 0.185. The van der Waals surface area contributed by atoms with Crippen LogP contribution < -0.4 is 0 Å². The van der Waals surface area contributed by atoms with Gasteiger partial charge < -0.3 is 4.57 Å². The minimum Gasteiger partial charge on any atom is -0.309 e. The lowest BCUT2D eigenvalue weighted by Crippen LogP contribution is -1.94. The number of benzene rings is 7. The highest BCUT2D eigenvalue weighted by Crippen LogP contribution is 2.37. The Morgan fingerprint density at radius 1 is 0.471 bits per heavy atom. The molecule has 3 heteroatoms. The normalized spacial score (nSPS) is 13.0. The molecule has 0 bridgehead atoms. The topological polar surface area (TPSA) is 30.7 Å². The van der Waals surface area contributed by atoms with Crippen LogP contribution in [0.25, 0.3) is 88.3 Å². The molecule has 2 aromatic heterocycles. The predicted molar refractivity (Wildman–Crippen MR) is 214 cm³/mol. The number of allylic oxidation sites excluding steroid dienone is 4. The van der Waals surface area contributed by atoms with Crippen LogP contribution in [-0.4, -0.2) is 14.5 Å². The third-order valence-electron chi connectivity index (χ3n) is 10.3. The minimum absolute atomic E-state index is 0.956. The van der Waals surface area contributed by atoms with Crippen LogP contribution in [0.15, 0.2) is 176 Å². The minimum atomic E-state index is 0.956.